The van der Waals surface area contributed by atoms with Crippen LogP contribution in [0.5, 0.6) is 5.88 Å². The van der Waals surface area contributed by atoms with Gasteiger partial charge in [0.25, 0.3) is 0 Å². The second kappa shape index (κ2) is 10.7. The van der Waals surface area contributed by atoms with E-state index in [1.807, 2.05) is 12.1 Å². The summed E-state index contributed by atoms with van der Waals surface area (Å²) >= 11 is 3.55. The quantitative estimate of drug-likeness (QED) is 0.432. The minimum Gasteiger partial charge on any atom is -0.474 e. The highest BCUT2D eigenvalue weighted by Crippen LogP contribution is 2.33. The summed E-state index contributed by atoms with van der Waals surface area (Å²) < 4.78 is 38.9. The van der Waals surface area contributed by atoms with Gasteiger partial charge < -0.3 is 19.7 Å². The third kappa shape index (κ3) is 6.16. The van der Waals surface area contributed by atoms with Crippen molar-refractivity contribution in [1.29, 1.82) is 0 Å². The molecule has 3 aromatic heterocycles. The van der Waals surface area contributed by atoms with Crippen LogP contribution in [-0.4, -0.2) is 68.1 Å². The van der Waals surface area contributed by atoms with E-state index in [4.69, 9.17) is 14.5 Å². The number of anilines is 3. The molecule has 3 aromatic rings. The zero-order valence-corrected chi connectivity index (χ0v) is 22.4. The van der Waals surface area contributed by atoms with Crippen LogP contribution in [0.4, 0.5) is 17.2 Å². The lowest BCUT2D eigenvalue weighted by Crippen LogP contribution is -2.37. The maximum absolute atomic E-state index is 11.8. The summed E-state index contributed by atoms with van der Waals surface area (Å²) in [6, 6.07) is 5.98. The number of ether oxygens (including phenoxy) is 2. The first kappa shape index (κ1) is 25.0. The van der Waals surface area contributed by atoms with Crippen LogP contribution in [0.25, 0.3) is 10.9 Å². The summed E-state index contributed by atoms with van der Waals surface area (Å²) in [7, 11) is -3.43. The number of sulfonamides is 1. The second-order valence-electron chi connectivity index (χ2n) is 9.14. The van der Waals surface area contributed by atoms with Gasteiger partial charge in [0.2, 0.25) is 15.9 Å². The van der Waals surface area contributed by atoms with Gasteiger partial charge in [-0.15, -0.1) is 0 Å². The van der Waals surface area contributed by atoms with Gasteiger partial charge in [0, 0.05) is 37.6 Å². The minimum atomic E-state index is -3.43. The maximum atomic E-state index is 11.8. The third-order valence-corrected chi connectivity index (χ3v) is 7.59. The van der Waals surface area contributed by atoms with Crippen LogP contribution < -0.4 is 19.7 Å². The third-order valence-electron chi connectivity index (χ3n) is 6.35. The number of fused-ring (bicyclic) bond motifs is 1. The average Bonchev–Trinajstić information content (AvgIpc) is 2.86. The van der Waals surface area contributed by atoms with Crippen LogP contribution in [0.1, 0.15) is 25.7 Å². The summed E-state index contributed by atoms with van der Waals surface area (Å²) in [4.78, 5) is 15.7. The van der Waals surface area contributed by atoms with Crippen molar-refractivity contribution in [2.24, 2.45) is 0 Å². The van der Waals surface area contributed by atoms with Crippen molar-refractivity contribution in [2.45, 2.75) is 37.8 Å². The Morgan fingerprint density at radius 1 is 1.14 bits per heavy atom. The summed E-state index contributed by atoms with van der Waals surface area (Å²) in [5.74, 6) is 1.27. The summed E-state index contributed by atoms with van der Waals surface area (Å²) in [6.45, 7) is 2.77. The predicted molar refractivity (Wildman–Crippen MR) is 143 cm³/mol. The zero-order chi connectivity index (χ0) is 25.1. The molecular weight excluding hydrogens is 548 g/mol. The molecule has 1 aliphatic carbocycles. The predicted octanol–water partition coefficient (Wildman–Crippen LogP) is 3.80. The molecule has 0 spiro atoms. The van der Waals surface area contributed by atoms with Crippen LogP contribution in [0, 0.1) is 0 Å². The molecule has 10 nitrogen and oxygen atoms in total. The van der Waals surface area contributed by atoms with Gasteiger partial charge >= 0.3 is 0 Å². The monoisotopic (exact) mass is 576 g/mol. The number of hydrogen-bond acceptors (Lipinski definition) is 9. The number of nitrogens with one attached hydrogen (secondary N) is 2. The highest BCUT2D eigenvalue weighted by atomic mass is 79.9. The highest BCUT2D eigenvalue weighted by molar-refractivity contribution is 9.10. The standard InChI is InChI=1S/C24H29BrN6O4S/c1-36(32,33)30-17-12-19-22(27-14-17)13-23(31-8-10-34-11-9-31)29-24(19)35-18-4-2-16(3-5-18)28-21-6-7-26-15-20(21)25/h6-7,12-16,18,30H,2-5,8-11H2,1H3,(H,26,28). The molecule has 2 fully saturated rings. The van der Waals surface area contributed by atoms with E-state index < -0.39 is 10.0 Å². The molecule has 12 heteroatoms. The van der Waals surface area contributed by atoms with E-state index in [1.165, 1.54) is 6.20 Å². The number of pyridine rings is 3. The molecule has 4 heterocycles. The number of morpholine rings is 1. The fourth-order valence-electron chi connectivity index (χ4n) is 4.59. The summed E-state index contributed by atoms with van der Waals surface area (Å²) in [5.41, 5.74) is 2.13. The van der Waals surface area contributed by atoms with Crippen LogP contribution in [0.3, 0.4) is 0 Å². The largest absolute Gasteiger partial charge is 0.474 e. The SMILES string of the molecule is CS(=O)(=O)Nc1cnc2cc(N3CCOCC3)nc(OC3CCC(Nc4ccncc4Br)CC3)c2c1. The van der Waals surface area contributed by atoms with E-state index in [9.17, 15) is 8.42 Å². The first-order chi connectivity index (χ1) is 17.3. The van der Waals surface area contributed by atoms with Crippen molar-refractivity contribution >= 4 is 54.0 Å². The molecule has 0 atom stereocenters. The van der Waals surface area contributed by atoms with E-state index in [1.54, 1.807) is 18.5 Å². The van der Waals surface area contributed by atoms with Crippen LogP contribution in [0.15, 0.2) is 41.3 Å². The lowest BCUT2D eigenvalue weighted by atomic mass is 9.92. The Morgan fingerprint density at radius 2 is 1.92 bits per heavy atom. The molecule has 2 N–H and O–H groups in total. The minimum absolute atomic E-state index is 0.00564. The average molecular weight is 578 g/mol. The lowest BCUT2D eigenvalue weighted by Gasteiger charge is -2.31. The van der Waals surface area contributed by atoms with Crippen molar-refractivity contribution in [3.8, 4) is 5.88 Å². The van der Waals surface area contributed by atoms with Gasteiger partial charge in [0.1, 0.15) is 11.9 Å². The first-order valence-corrected chi connectivity index (χ1v) is 14.7. The molecule has 0 radical (unpaired) electrons. The van der Waals surface area contributed by atoms with Gasteiger partial charge in [-0.05, 0) is 53.7 Å². The van der Waals surface area contributed by atoms with Crippen LogP contribution in [-0.2, 0) is 14.8 Å². The van der Waals surface area contributed by atoms with Crippen molar-refractivity contribution in [3.05, 3.63) is 41.3 Å². The number of hydrogen-bond donors (Lipinski definition) is 2. The van der Waals surface area contributed by atoms with Gasteiger partial charge in [0.15, 0.2) is 0 Å². The Labute approximate surface area is 219 Å². The molecule has 1 saturated carbocycles. The van der Waals surface area contributed by atoms with E-state index >= 15 is 0 Å². The van der Waals surface area contributed by atoms with E-state index in [-0.39, 0.29) is 6.10 Å². The van der Waals surface area contributed by atoms with Crippen molar-refractivity contribution in [1.82, 2.24) is 15.0 Å². The first-order valence-electron chi connectivity index (χ1n) is 12.0. The maximum Gasteiger partial charge on any atom is 0.229 e. The summed E-state index contributed by atoms with van der Waals surface area (Å²) in [5, 5.41) is 4.27. The Kier molecular flexibility index (Phi) is 7.44. The van der Waals surface area contributed by atoms with Gasteiger partial charge in [0.05, 0.1) is 52.4 Å². The van der Waals surface area contributed by atoms with Crippen molar-refractivity contribution in [2.75, 3.05) is 47.5 Å². The zero-order valence-electron chi connectivity index (χ0n) is 20.0. The van der Waals surface area contributed by atoms with Gasteiger partial charge in [-0.3, -0.25) is 14.7 Å². The van der Waals surface area contributed by atoms with E-state index in [2.05, 4.69) is 40.8 Å². The van der Waals surface area contributed by atoms with Gasteiger partial charge in [-0.2, -0.15) is 4.98 Å². The number of aromatic nitrogens is 3. The van der Waals surface area contributed by atoms with Crippen molar-refractivity contribution < 1.29 is 17.9 Å². The smallest absolute Gasteiger partial charge is 0.229 e. The normalized spacial score (nSPS) is 20.8. The molecule has 1 saturated heterocycles. The second-order valence-corrected chi connectivity index (χ2v) is 11.7. The fourth-order valence-corrected chi connectivity index (χ4v) is 5.49. The number of rotatable bonds is 7. The molecule has 0 bridgehead atoms. The molecule has 0 amide bonds. The molecule has 1 aliphatic heterocycles. The molecule has 5 rings (SSSR count). The highest BCUT2D eigenvalue weighted by Gasteiger charge is 2.25. The van der Waals surface area contributed by atoms with Gasteiger partial charge in [-0.1, -0.05) is 0 Å². The fraction of sp³-hybridized carbons (Fsp3) is 0.458. The van der Waals surface area contributed by atoms with Crippen LogP contribution >= 0.6 is 15.9 Å². The molecule has 36 heavy (non-hydrogen) atoms. The van der Waals surface area contributed by atoms with Crippen molar-refractivity contribution in [3.63, 3.8) is 0 Å². The molecule has 192 valence electrons. The Hall–Kier alpha value is -2.70. The molecule has 0 aromatic carbocycles. The lowest BCUT2D eigenvalue weighted by molar-refractivity contribution is 0.122. The Bertz CT molecular complexity index is 1330. The summed E-state index contributed by atoms with van der Waals surface area (Å²) in [6.07, 6.45) is 9.87. The number of halogens is 1. The number of nitrogens with zero attached hydrogens (tertiary/aromatic N) is 4. The molecule has 0 unspecified atom stereocenters. The Morgan fingerprint density at radius 3 is 2.64 bits per heavy atom. The van der Waals surface area contributed by atoms with E-state index in [0.29, 0.717) is 41.7 Å². The molecular formula is C24H29BrN6O4S. The van der Waals surface area contributed by atoms with E-state index in [0.717, 1.165) is 61.0 Å². The topological polar surface area (TPSA) is 119 Å². The molecule has 2 aliphatic rings. The van der Waals surface area contributed by atoms with Gasteiger partial charge in [-0.25, -0.2) is 8.42 Å². The van der Waals surface area contributed by atoms with Crippen LogP contribution in [0.2, 0.25) is 0 Å². The Balaban J connectivity index is 1.36.